The summed E-state index contributed by atoms with van der Waals surface area (Å²) in [5.74, 6) is 2.82. The summed E-state index contributed by atoms with van der Waals surface area (Å²) in [6.07, 6.45) is 9.81. The van der Waals surface area contributed by atoms with E-state index in [1.165, 1.54) is 38.5 Å². The van der Waals surface area contributed by atoms with Crippen molar-refractivity contribution in [3.8, 4) is 0 Å². The number of nitrogen functional groups attached to an aromatic ring is 1. The van der Waals surface area contributed by atoms with E-state index in [0.29, 0.717) is 11.7 Å². The van der Waals surface area contributed by atoms with E-state index in [-0.39, 0.29) is 0 Å². The van der Waals surface area contributed by atoms with E-state index in [1.54, 1.807) is 6.33 Å². The number of anilines is 2. The fraction of sp³-hybridized carbons (Fsp3) is 0.733. The van der Waals surface area contributed by atoms with Gasteiger partial charge in [0.2, 0.25) is 0 Å². The number of nitrogens with one attached hydrogen (secondary N) is 1. The molecule has 0 spiro atoms. The molecule has 1 aliphatic rings. The molecule has 106 valence electrons. The van der Waals surface area contributed by atoms with Crippen molar-refractivity contribution in [1.82, 2.24) is 9.97 Å². The Morgan fingerprint density at radius 1 is 1.32 bits per heavy atom. The van der Waals surface area contributed by atoms with E-state index in [2.05, 4.69) is 29.1 Å². The third kappa shape index (κ3) is 3.82. The Kier molecular flexibility index (Phi) is 5.00. The van der Waals surface area contributed by atoms with E-state index < -0.39 is 0 Å². The minimum Gasteiger partial charge on any atom is -0.383 e. The van der Waals surface area contributed by atoms with Crippen molar-refractivity contribution in [3.05, 3.63) is 11.9 Å². The van der Waals surface area contributed by atoms with Crippen LogP contribution in [-0.4, -0.2) is 16.5 Å². The molecule has 0 bridgehead atoms. The number of nitrogens with zero attached hydrogens (tertiary/aromatic N) is 2. The predicted molar refractivity (Wildman–Crippen MR) is 80.2 cm³/mol. The van der Waals surface area contributed by atoms with Gasteiger partial charge in [0.25, 0.3) is 0 Å². The van der Waals surface area contributed by atoms with Crippen molar-refractivity contribution < 1.29 is 0 Å². The van der Waals surface area contributed by atoms with Gasteiger partial charge in [0.15, 0.2) is 0 Å². The van der Waals surface area contributed by atoms with Gasteiger partial charge in [-0.1, -0.05) is 39.5 Å². The van der Waals surface area contributed by atoms with Gasteiger partial charge in [0, 0.05) is 12.1 Å². The normalized spacial score (nSPS) is 16.2. The molecule has 0 saturated heterocycles. The molecule has 1 aliphatic carbocycles. The number of rotatable bonds is 6. The molecule has 1 aromatic heterocycles. The average Bonchev–Trinajstić information content (AvgIpc) is 2.87. The molecule has 1 fully saturated rings. The zero-order chi connectivity index (χ0) is 13.7. The fourth-order valence-corrected chi connectivity index (χ4v) is 3.02. The molecule has 0 unspecified atom stereocenters. The van der Waals surface area contributed by atoms with Crippen LogP contribution in [0.5, 0.6) is 0 Å². The topological polar surface area (TPSA) is 63.8 Å². The molecule has 3 N–H and O–H groups in total. The van der Waals surface area contributed by atoms with Crippen LogP contribution in [-0.2, 0) is 0 Å². The SMILES string of the molecule is CC(C)c1c(N)ncnc1NCCCC1CCCC1. The first kappa shape index (κ1) is 14.1. The van der Waals surface area contributed by atoms with Crippen LogP contribution in [0.4, 0.5) is 11.6 Å². The highest BCUT2D eigenvalue weighted by atomic mass is 15.0. The molecule has 1 aromatic rings. The van der Waals surface area contributed by atoms with Gasteiger partial charge >= 0.3 is 0 Å². The van der Waals surface area contributed by atoms with E-state index in [1.807, 2.05) is 0 Å². The lowest BCUT2D eigenvalue weighted by molar-refractivity contribution is 0.491. The standard InChI is InChI=1S/C15H26N4/c1-11(2)13-14(16)18-10-19-15(13)17-9-5-8-12-6-3-4-7-12/h10-12H,3-9H2,1-2H3,(H3,16,17,18,19). The van der Waals surface area contributed by atoms with E-state index >= 15 is 0 Å². The Bertz CT molecular complexity index is 397. The second kappa shape index (κ2) is 6.73. The smallest absolute Gasteiger partial charge is 0.134 e. The van der Waals surface area contributed by atoms with Gasteiger partial charge in [-0.25, -0.2) is 9.97 Å². The first-order valence-electron chi connectivity index (χ1n) is 7.52. The van der Waals surface area contributed by atoms with Crippen LogP contribution < -0.4 is 11.1 Å². The molecule has 0 aliphatic heterocycles. The van der Waals surface area contributed by atoms with E-state index in [4.69, 9.17) is 5.73 Å². The highest BCUT2D eigenvalue weighted by Crippen LogP contribution is 2.29. The molecular weight excluding hydrogens is 236 g/mol. The summed E-state index contributed by atoms with van der Waals surface area (Å²) < 4.78 is 0. The Labute approximate surface area is 116 Å². The molecule has 0 atom stereocenters. The van der Waals surface area contributed by atoms with Gasteiger partial charge in [-0.05, 0) is 24.7 Å². The lowest BCUT2D eigenvalue weighted by atomic mass is 10.0. The quantitative estimate of drug-likeness (QED) is 0.769. The Hall–Kier alpha value is -1.32. The van der Waals surface area contributed by atoms with Crippen molar-refractivity contribution >= 4 is 11.6 Å². The number of hydrogen-bond acceptors (Lipinski definition) is 4. The van der Waals surface area contributed by atoms with Gasteiger partial charge in [0.1, 0.15) is 18.0 Å². The maximum Gasteiger partial charge on any atom is 0.134 e. The van der Waals surface area contributed by atoms with Crippen molar-refractivity contribution in [2.45, 2.75) is 58.3 Å². The number of aromatic nitrogens is 2. The Morgan fingerprint density at radius 3 is 2.74 bits per heavy atom. The zero-order valence-corrected chi connectivity index (χ0v) is 12.2. The van der Waals surface area contributed by atoms with Gasteiger partial charge < -0.3 is 11.1 Å². The summed E-state index contributed by atoms with van der Waals surface area (Å²) in [4.78, 5) is 8.41. The summed E-state index contributed by atoms with van der Waals surface area (Å²) in [6.45, 7) is 5.23. The molecule has 1 saturated carbocycles. The summed E-state index contributed by atoms with van der Waals surface area (Å²) in [5.41, 5.74) is 6.98. The minimum atomic E-state index is 0.346. The molecule has 4 heteroatoms. The van der Waals surface area contributed by atoms with Crippen molar-refractivity contribution in [1.29, 1.82) is 0 Å². The second-order valence-electron chi connectivity index (χ2n) is 5.90. The molecule has 4 nitrogen and oxygen atoms in total. The first-order chi connectivity index (χ1) is 9.18. The van der Waals surface area contributed by atoms with Crippen molar-refractivity contribution in [2.24, 2.45) is 5.92 Å². The zero-order valence-electron chi connectivity index (χ0n) is 12.2. The molecule has 0 radical (unpaired) electrons. The number of hydrogen-bond donors (Lipinski definition) is 2. The van der Waals surface area contributed by atoms with Crippen LogP contribution in [0.1, 0.15) is 63.9 Å². The van der Waals surface area contributed by atoms with Crippen LogP contribution in [0.2, 0.25) is 0 Å². The Balaban J connectivity index is 1.83. The first-order valence-corrected chi connectivity index (χ1v) is 7.52. The maximum atomic E-state index is 5.93. The largest absolute Gasteiger partial charge is 0.383 e. The lowest BCUT2D eigenvalue weighted by Crippen LogP contribution is -2.11. The third-order valence-electron chi connectivity index (χ3n) is 4.05. The van der Waals surface area contributed by atoms with E-state index in [9.17, 15) is 0 Å². The second-order valence-corrected chi connectivity index (χ2v) is 5.90. The van der Waals surface area contributed by atoms with Crippen molar-refractivity contribution in [3.63, 3.8) is 0 Å². The predicted octanol–water partition coefficient (Wildman–Crippen LogP) is 3.56. The highest BCUT2D eigenvalue weighted by Gasteiger charge is 2.15. The average molecular weight is 262 g/mol. The van der Waals surface area contributed by atoms with E-state index in [0.717, 1.165) is 23.8 Å². The maximum absolute atomic E-state index is 5.93. The van der Waals surface area contributed by atoms with Crippen LogP contribution in [0.15, 0.2) is 6.33 Å². The molecule has 2 rings (SSSR count). The Morgan fingerprint density at radius 2 is 2.05 bits per heavy atom. The van der Waals surface area contributed by atoms with Gasteiger partial charge in [-0.2, -0.15) is 0 Å². The molecule has 0 amide bonds. The fourth-order valence-electron chi connectivity index (χ4n) is 3.02. The number of nitrogens with two attached hydrogens (primary N) is 1. The highest BCUT2D eigenvalue weighted by molar-refractivity contribution is 5.56. The van der Waals surface area contributed by atoms with Crippen LogP contribution in [0.25, 0.3) is 0 Å². The third-order valence-corrected chi connectivity index (χ3v) is 4.05. The molecule has 19 heavy (non-hydrogen) atoms. The summed E-state index contributed by atoms with van der Waals surface area (Å²) >= 11 is 0. The summed E-state index contributed by atoms with van der Waals surface area (Å²) in [5, 5.41) is 3.43. The molecule has 0 aromatic carbocycles. The minimum absolute atomic E-state index is 0.346. The van der Waals surface area contributed by atoms with Gasteiger partial charge in [0.05, 0.1) is 0 Å². The summed E-state index contributed by atoms with van der Waals surface area (Å²) in [6, 6.07) is 0. The monoisotopic (exact) mass is 262 g/mol. The molecule has 1 heterocycles. The summed E-state index contributed by atoms with van der Waals surface area (Å²) in [7, 11) is 0. The van der Waals surface area contributed by atoms with Crippen LogP contribution in [0, 0.1) is 5.92 Å². The lowest BCUT2D eigenvalue weighted by Gasteiger charge is -2.15. The van der Waals surface area contributed by atoms with Crippen LogP contribution in [0.3, 0.4) is 0 Å². The van der Waals surface area contributed by atoms with Gasteiger partial charge in [-0.3, -0.25) is 0 Å². The van der Waals surface area contributed by atoms with Gasteiger partial charge in [-0.15, -0.1) is 0 Å². The molecular formula is C15H26N4. The van der Waals surface area contributed by atoms with Crippen LogP contribution >= 0.6 is 0 Å². The van der Waals surface area contributed by atoms with Crippen molar-refractivity contribution in [2.75, 3.05) is 17.6 Å².